The van der Waals surface area contributed by atoms with Crippen molar-refractivity contribution in [1.82, 2.24) is 4.90 Å². The molecule has 2 aromatic carbocycles. The summed E-state index contributed by atoms with van der Waals surface area (Å²) in [6.45, 7) is 4.66. The first-order chi connectivity index (χ1) is 13.6. The maximum atomic E-state index is 12.8. The Labute approximate surface area is 168 Å². The van der Waals surface area contributed by atoms with E-state index in [9.17, 15) is 4.79 Å². The summed E-state index contributed by atoms with van der Waals surface area (Å²) in [5.74, 6) is 0. The second kappa shape index (κ2) is 8.22. The number of rotatable bonds is 4. The molecule has 0 aliphatic carbocycles. The van der Waals surface area contributed by atoms with E-state index in [-0.39, 0.29) is 18.2 Å². The third-order valence-electron chi connectivity index (χ3n) is 5.84. The lowest BCUT2D eigenvalue weighted by Gasteiger charge is -2.44. The summed E-state index contributed by atoms with van der Waals surface area (Å²) in [5, 5.41) is 0. The van der Waals surface area contributed by atoms with Crippen LogP contribution in [0.2, 0.25) is 0 Å². The van der Waals surface area contributed by atoms with Gasteiger partial charge in [0.25, 0.3) is 0 Å². The lowest BCUT2D eigenvalue weighted by molar-refractivity contribution is 0.0481. The van der Waals surface area contributed by atoms with Crippen molar-refractivity contribution in [2.45, 2.75) is 64.6 Å². The van der Waals surface area contributed by atoms with E-state index >= 15 is 0 Å². The average Bonchev–Trinajstić information content (AvgIpc) is 2.65. The Morgan fingerprint density at radius 3 is 2.50 bits per heavy atom. The van der Waals surface area contributed by atoms with Crippen molar-refractivity contribution < 1.29 is 9.53 Å². The zero-order chi connectivity index (χ0) is 19.5. The minimum absolute atomic E-state index is 0.166. The molecule has 4 rings (SSSR count). The second-order valence-electron chi connectivity index (χ2n) is 8.30. The number of carbonyl (C=O) groups is 1. The molecule has 28 heavy (non-hydrogen) atoms. The number of aryl methyl sites for hydroxylation is 2. The number of nitrogens with zero attached hydrogens (tertiary/aromatic N) is 1. The molecule has 0 spiro atoms. The molecule has 0 N–H and O–H groups in total. The summed E-state index contributed by atoms with van der Waals surface area (Å²) in [5.41, 5.74) is 6.51. The topological polar surface area (TPSA) is 29.5 Å². The van der Waals surface area contributed by atoms with E-state index in [1.54, 1.807) is 0 Å². The highest BCUT2D eigenvalue weighted by molar-refractivity contribution is 5.69. The molecule has 2 aliphatic rings. The quantitative estimate of drug-likeness (QED) is 0.638. The Bertz CT molecular complexity index is 851. The van der Waals surface area contributed by atoms with Gasteiger partial charge in [-0.3, -0.25) is 4.90 Å². The van der Waals surface area contributed by atoms with Crippen molar-refractivity contribution in [3.63, 3.8) is 0 Å². The molecular weight excluding hydrogens is 346 g/mol. The van der Waals surface area contributed by atoms with Crippen LogP contribution in [-0.4, -0.2) is 23.1 Å². The standard InChI is InChI=1S/C25H29NO2/c1-18-11-19(2)13-21(12-18)14-22-15-23-9-6-10-24(16-22)26(23)25(27)28-17-20-7-4-3-5-8-20/h3-5,7-8,11-13,15,23-24H,6,9-10,14,16-17H2,1-2H3. The Balaban J connectivity index is 1.45. The largest absolute Gasteiger partial charge is 0.445 e. The number of benzene rings is 2. The highest BCUT2D eigenvalue weighted by atomic mass is 16.6. The summed E-state index contributed by atoms with van der Waals surface area (Å²) in [6.07, 6.45) is 7.41. The molecule has 2 bridgehead atoms. The van der Waals surface area contributed by atoms with Crippen molar-refractivity contribution in [1.29, 1.82) is 0 Å². The lowest BCUT2D eigenvalue weighted by Crippen LogP contribution is -2.52. The van der Waals surface area contributed by atoms with Gasteiger partial charge >= 0.3 is 6.09 Å². The normalized spacial score (nSPS) is 21.2. The average molecular weight is 376 g/mol. The minimum Gasteiger partial charge on any atom is -0.445 e. The number of piperidine rings is 1. The molecule has 2 heterocycles. The van der Waals surface area contributed by atoms with Crippen LogP contribution in [-0.2, 0) is 17.8 Å². The number of fused-ring (bicyclic) bond motifs is 2. The first-order valence-electron chi connectivity index (χ1n) is 10.3. The van der Waals surface area contributed by atoms with Crippen LogP contribution < -0.4 is 0 Å². The van der Waals surface area contributed by atoms with Crippen molar-refractivity contribution >= 4 is 6.09 Å². The number of ether oxygens (including phenoxy) is 1. The van der Waals surface area contributed by atoms with Crippen molar-refractivity contribution in [2.24, 2.45) is 0 Å². The Morgan fingerprint density at radius 2 is 1.79 bits per heavy atom. The molecule has 146 valence electrons. The van der Waals surface area contributed by atoms with Crippen LogP contribution in [0.5, 0.6) is 0 Å². The fraction of sp³-hybridized carbons (Fsp3) is 0.400. The number of amides is 1. The van der Waals surface area contributed by atoms with Crippen LogP contribution in [0.15, 0.2) is 60.2 Å². The van der Waals surface area contributed by atoms with Gasteiger partial charge in [0, 0.05) is 6.04 Å². The maximum Gasteiger partial charge on any atom is 0.410 e. The molecule has 2 unspecified atom stereocenters. The molecule has 2 aromatic rings. The summed E-state index contributed by atoms with van der Waals surface area (Å²) < 4.78 is 5.65. The number of carbonyl (C=O) groups excluding carboxylic acids is 1. The Morgan fingerprint density at radius 1 is 1.04 bits per heavy atom. The molecule has 0 radical (unpaired) electrons. The van der Waals surface area contributed by atoms with E-state index in [2.05, 4.69) is 38.1 Å². The molecule has 2 aliphatic heterocycles. The SMILES string of the molecule is Cc1cc(C)cc(CC2=CC3CCCC(C2)N3C(=O)OCc2ccccc2)c1. The van der Waals surface area contributed by atoms with Gasteiger partial charge in [-0.2, -0.15) is 0 Å². The van der Waals surface area contributed by atoms with Gasteiger partial charge in [-0.25, -0.2) is 4.79 Å². The van der Waals surface area contributed by atoms with Crippen molar-refractivity contribution in [2.75, 3.05) is 0 Å². The smallest absolute Gasteiger partial charge is 0.410 e. The van der Waals surface area contributed by atoms with E-state index in [0.29, 0.717) is 6.61 Å². The van der Waals surface area contributed by atoms with E-state index in [0.717, 1.165) is 31.2 Å². The molecule has 3 heteroatoms. The van der Waals surface area contributed by atoms with Gasteiger partial charge in [0.2, 0.25) is 0 Å². The molecule has 0 aromatic heterocycles. The van der Waals surface area contributed by atoms with Crippen LogP contribution in [0.3, 0.4) is 0 Å². The summed E-state index contributed by atoms with van der Waals surface area (Å²) in [4.78, 5) is 14.8. The maximum absolute atomic E-state index is 12.8. The van der Waals surface area contributed by atoms with E-state index in [4.69, 9.17) is 4.74 Å². The first kappa shape index (κ1) is 18.8. The Kier molecular flexibility index (Phi) is 5.52. The molecule has 1 fully saturated rings. The van der Waals surface area contributed by atoms with Crippen molar-refractivity contribution in [3.8, 4) is 0 Å². The van der Waals surface area contributed by atoms with Crippen LogP contribution in [0.1, 0.15) is 47.9 Å². The highest BCUT2D eigenvalue weighted by Gasteiger charge is 2.37. The van der Waals surface area contributed by atoms with Gasteiger partial charge in [-0.1, -0.05) is 71.3 Å². The van der Waals surface area contributed by atoms with Gasteiger partial charge in [0.1, 0.15) is 6.61 Å². The number of hydrogen-bond acceptors (Lipinski definition) is 2. The molecule has 1 saturated heterocycles. The monoisotopic (exact) mass is 375 g/mol. The Hall–Kier alpha value is -2.55. The highest BCUT2D eigenvalue weighted by Crippen LogP contribution is 2.35. The predicted molar refractivity (Wildman–Crippen MR) is 112 cm³/mol. The summed E-state index contributed by atoms with van der Waals surface area (Å²) in [7, 11) is 0. The van der Waals surface area contributed by atoms with Crippen LogP contribution >= 0.6 is 0 Å². The molecule has 0 saturated carbocycles. The third-order valence-corrected chi connectivity index (χ3v) is 5.84. The zero-order valence-corrected chi connectivity index (χ0v) is 16.9. The molecular formula is C25H29NO2. The van der Waals surface area contributed by atoms with Gasteiger partial charge in [-0.15, -0.1) is 0 Å². The zero-order valence-electron chi connectivity index (χ0n) is 16.9. The summed E-state index contributed by atoms with van der Waals surface area (Å²) in [6, 6.07) is 17.1. The number of hydrogen-bond donors (Lipinski definition) is 0. The third kappa shape index (κ3) is 4.30. The molecule has 2 atom stereocenters. The fourth-order valence-electron chi connectivity index (χ4n) is 4.76. The van der Waals surface area contributed by atoms with Gasteiger partial charge < -0.3 is 4.74 Å². The second-order valence-corrected chi connectivity index (χ2v) is 8.30. The lowest BCUT2D eigenvalue weighted by atomic mass is 9.83. The molecule has 3 nitrogen and oxygen atoms in total. The summed E-state index contributed by atoms with van der Waals surface area (Å²) >= 11 is 0. The van der Waals surface area contributed by atoms with E-state index < -0.39 is 0 Å². The van der Waals surface area contributed by atoms with E-state index in [1.165, 1.54) is 28.7 Å². The van der Waals surface area contributed by atoms with Crippen LogP contribution in [0.4, 0.5) is 4.79 Å². The minimum atomic E-state index is -0.166. The van der Waals surface area contributed by atoms with Gasteiger partial charge in [-0.05, 0) is 57.1 Å². The van der Waals surface area contributed by atoms with Crippen LogP contribution in [0.25, 0.3) is 0 Å². The van der Waals surface area contributed by atoms with Gasteiger partial charge in [0.05, 0.1) is 6.04 Å². The van der Waals surface area contributed by atoms with Gasteiger partial charge in [0.15, 0.2) is 0 Å². The van der Waals surface area contributed by atoms with Crippen LogP contribution in [0, 0.1) is 13.8 Å². The first-order valence-corrected chi connectivity index (χ1v) is 10.3. The van der Waals surface area contributed by atoms with Crippen molar-refractivity contribution in [3.05, 3.63) is 82.4 Å². The van der Waals surface area contributed by atoms with E-state index in [1.807, 2.05) is 35.2 Å². The molecule has 1 amide bonds. The fourth-order valence-corrected chi connectivity index (χ4v) is 4.76. The predicted octanol–water partition coefficient (Wildman–Crippen LogP) is 5.74.